The second kappa shape index (κ2) is 6.20. The third-order valence-corrected chi connectivity index (χ3v) is 2.26. The lowest BCUT2D eigenvalue weighted by atomic mass is 10.2. The van der Waals surface area contributed by atoms with Crippen LogP contribution in [0.2, 0.25) is 0 Å². The number of carbonyl (C=O) groups is 1. The highest BCUT2D eigenvalue weighted by atomic mass is 19.1. The number of benzene rings is 1. The standard InChI is InChI=1S/C12H16FNO3/c1-8(15)5-6-14-12(16)9-3-4-10(13)11(7-9)17-2/h3-4,7-8,15H,5-6H2,1-2H3,(H,14,16). The molecule has 0 bridgehead atoms. The molecule has 1 rings (SSSR count). The van der Waals surface area contributed by atoms with E-state index in [-0.39, 0.29) is 11.7 Å². The fraction of sp³-hybridized carbons (Fsp3) is 0.417. The first-order valence-corrected chi connectivity index (χ1v) is 5.34. The van der Waals surface area contributed by atoms with Crippen LogP contribution in [0.3, 0.4) is 0 Å². The Hall–Kier alpha value is -1.62. The average molecular weight is 241 g/mol. The number of amides is 1. The minimum absolute atomic E-state index is 0.0353. The molecule has 0 aliphatic heterocycles. The first kappa shape index (κ1) is 13.4. The lowest BCUT2D eigenvalue weighted by molar-refractivity contribution is 0.0945. The summed E-state index contributed by atoms with van der Waals surface area (Å²) in [7, 11) is 1.34. The maximum absolute atomic E-state index is 13.1. The van der Waals surface area contributed by atoms with E-state index in [4.69, 9.17) is 9.84 Å². The molecule has 0 heterocycles. The van der Waals surface area contributed by atoms with E-state index >= 15 is 0 Å². The lowest BCUT2D eigenvalue weighted by Gasteiger charge is -2.08. The number of aliphatic hydroxyl groups is 1. The normalized spacial score (nSPS) is 12.0. The molecule has 0 aliphatic carbocycles. The summed E-state index contributed by atoms with van der Waals surface area (Å²) in [6, 6.07) is 3.91. The molecule has 5 heteroatoms. The summed E-state index contributed by atoms with van der Waals surface area (Å²) in [5.41, 5.74) is 0.328. The fourth-order valence-corrected chi connectivity index (χ4v) is 1.30. The second-order valence-corrected chi connectivity index (χ2v) is 3.74. The van der Waals surface area contributed by atoms with Crippen molar-refractivity contribution in [1.29, 1.82) is 0 Å². The highest BCUT2D eigenvalue weighted by Gasteiger charge is 2.09. The van der Waals surface area contributed by atoms with Gasteiger partial charge in [-0.05, 0) is 31.5 Å². The monoisotopic (exact) mass is 241 g/mol. The van der Waals surface area contributed by atoms with Crippen LogP contribution in [-0.4, -0.2) is 30.8 Å². The topological polar surface area (TPSA) is 58.6 Å². The number of hydrogen-bond acceptors (Lipinski definition) is 3. The first-order chi connectivity index (χ1) is 8.04. The summed E-state index contributed by atoms with van der Waals surface area (Å²) < 4.78 is 17.9. The van der Waals surface area contributed by atoms with E-state index in [1.54, 1.807) is 6.92 Å². The van der Waals surface area contributed by atoms with Crippen LogP contribution in [0.1, 0.15) is 23.7 Å². The highest BCUT2D eigenvalue weighted by molar-refractivity contribution is 5.94. The van der Waals surface area contributed by atoms with E-state index in [0.29, 0.717) is 18.5 Å². The third kappa shape index (κ3) is 4.03. The summed E-state index contributed by atoms with van der Waals surface area (Å²) in [4.78, 5) is 11.6. The third-order valence-electron chi connectivity index (χ3n) is 2.26. The van der Waals surface area contributed by atoms with E-state index in [9.17, 15) is 9.18 Å². The molecule has 0 saturated carbocycles. The van der Waals surface area contributed by atoms with Gasteiger partial charge < -0.3 is 15.2 Å². The van der Waals surface area contributed by atoms with E-state index in [1.807, 2.05) is 0 Å². The largest absolute Gasteiger partial charge is 0.494 e. The SMILES string of the molecule is COc1cc(C(=O)NCCC(C)O)ccc1F. The summed E-state index contributed by atoms with van der Waals surface area (Å²) in [5.74, 6) is -0.787. The van der Waals surface area contributed by atoms with Crippen molar-refractivity contribution in [3.8, 4) is 5.75 Å². The summed E-state index contributed by atoms with van der Waals surface area (Å²) in [6.07, 6.45) is 0.0161. The molecule has 0 saturated heterocycles. The van der Waals surface area contributed by atoms with Gasteiger partial charge in [-0.25, -0.2) is 4.39 Å². The smallest absolute Gasteiger partial charge is 0.251 e. The number of ether oxygens (including phenoxy) is 1. The van der Waals surface area contributed by atoms with Gasteiger partial charge in [-0.2, -0.15) is 0 Å². The molecule has 2 N–H and O–H groups in total. The molecule has 0 aliphatic rings. The first-order valence-electron chi connectivity index (χ1n) is 5.34. The van der Waals surface area contributed by atoms with Gasteiger partial charge in [-0.15, -0.1) is 0 Å². The molecule has 0 fully saturated rings. The van der Waals surface area contributed by atoms with E-state index < -0.39 is 11.9 Å². The molecule has 17 heavy (non-hydrogen) atoms. The van der Waals surface area contributed by atoms with Crippen molar-refractivity contribution in [2.45, 2.75) is 19.4 Å². The number of halogens is 1. The molecule has 0 radical (unpaired) electrons. The van der Waals surface area contributed by atoms with Gasteiger partial charge in [0.05, 0.1) is 13.2 Å². The number of aliphatic hydroxyl groups excluding tert-OH is 1. The molecule has 1 amide bonds. The van der Waals surface area contributed by atoms with Crippen LogP contribution >= 0.6 is 0 Å². The Morgan fingerprint density at radius 2 is 2.29 bits per heavy atom. The van der Waals surface area contributed by atoms with Crippen LogP contribution in [0.15, 0.2) is 18.2 Å². The van der Waals surface area contributed by atoms with Crippen LogP contribution in [-0.2, 0) is 0 Å². The predicted octanol–water partition coefficient (Wildman–Crippen LogP) is 1.33. The van der Waals surface area contributed by atoms with Crippen LogP contribution in [0.5, 0.6) is 5.75 Å². The minimum Gasteiger partial charge on any atom is -0.494 e. The molecule has 94 valence electrons. The second-order valence-electron chi connectivity index (χ2n) is 3.74. The number of carbonyl (C=O) groups excluding carboxylic acids is 1. The van der Waals surface area contributed by atoms with Gasteiger partial charge in [0.15, 0.2) is 11.6 Å². The Labute approximate surface area is 99.4 Å². The molecule has 1 unspecified atom stereocenters. The molecule has 0 spiro atoms. The van der Waals surface area contributed by atoms with Crippen molar-refractivity contribution in [3.63, 3.8) is 0 Å². The molecule has 0 aromatic heterocycles. The Bertz CT molecular complexity index is 393. The summed E-state index contributed by atoms with van der Waals surface area (Å²) in [5, 5.41) is 11.7. The zero-order chi connectivity index (χ0) is 12.8. The van der Waals surface area contributed by atoms with Crippen LogP contribution in [0, 0.1) is 5.82 Å². The predicted molar refractivity (Wildman–Crippen MR) is 61.6 cm³/mol. The van der Waals surface area contributed by atoms with E-state index in [1.165, 1.54) is 25.3 Å². The number of rotatable bonds is 5. The van der Waals surface area contributed by atoms with E-state index in [0.717, 1.165) is 0 Å². The Morgan fingerprint density at radius 1 is 1.59 bits per heavy atom. The van der Waals surface area contributed by atoms with Crippen molar-refractivity contribution < 1.29 is 19.0 Å². The molecule has 1 aromatic rings. The van der Waals surface area contributed by atoms with Crippen molar-refractivity contribution >= 4 is 5.91 Å². The number of hydrogen-bond donors (Lipinski definition) is 2. The van der Waals surface area contributed by atoms with Crippen molar-refractivity contribution in [2.75, 3.05) is 13.7 Å². The zero-order valence-corrected chi connectivity index (χ0v) is 9.87. The van der Waals surface area contributed by atoms with Gasteiger partial charge in [0.2, 0.25) is 0 Å². The van der Waals surface area contributed by atoms with Gasteiger partial charge in [0.1, 0.15) is 0 Å². The quantitative estimate of drug-likeness (QED) is 0.817. The number of methoxy groups -OCH3 is 1. The van der Waals surface area contributed by atoms with Gasteiger partial charge in [0.25, 0.3) is 5.91 Å². The number of nitrogens with one attached hydrogen (secondary N) is 1. The summed E-state index contributed by atoms with van der Waals surface area (Å²) >= 11 is 0. The Balaban J connectivity index is 2.63. The van der Waals surface area contributed by atoms with Gasteiger partial charge in [-0.1, -0.05) is 0 Å². The zero-order valence-electron chi connectivity index (χ0n) is 9.87. The fourth-order valence-electron chi connectivity index (χ4n) is 1.30. The van der Waals surface area contributed by atoms with Gasteiger partial charge in [-0.3, -0.25) is 4.79 Å². The van der Waals surface area contributed by atoms with Gasteiger partial charge in [0, 0.05) is 12.1 Å². The average Bonchev–Trinajstić information content (AvgIpc) is 2.29. The van der Waals surface area contributed by atoms with Crippen LogP contribution in [0.25, 0.3) is 0 Å². The van der Waals surface area contributed by atoms with Crippen molar-refractivity contribution in [2.24, 2.45) is 0 Å². The molecule has 4 nitrogen and oxygen atoms in total. The van der Waals surface area contributed by atoms with Crippen molar-refractivity contribution in [1.82, 2.24) is 5.32 Å². The van der Waals surface area contributed by atoms with Crippen LogP contribution < -0.4 is 10.1 Å². The van der Waals surface area contributed by atoms with Crippen molar-refractivity contribution in [3.05, 3.63) is 29.6 Å². The lowest BCUT2D eigenvalue weighted by Crippen LogP contribution is -2.26. The highest BCUT2D eigenvalue weighted by Crippen LogP contribution is 2.17. The molecule has 1 atom stereocenters. The minimum atomic E-state index is -0.506. The van der Waals surface area contributed by atoms with E-state index in [2.05, 4.69) is 5.32 Å². The van der Waals surface area contributed by atoms with Gasteiger partial charge >= 0.3 is 0 Å². The van der Waals surface area contributed by atoms with Crippen LogP contribution in [0.4, 0.5) is 4.39 Å². The Morgan fingerprint density at radius 3 is 2.88 bits per heavy atom. The molecular weight excluding hydrogens is 225 g/mol. The maximum Gasteiger partial charge on any atom is 0.251 e. The molecular formula is C12H16FNO3. The summed E-state index contributed by atoms with van der Waals surface area (Å²) in [6.45, 7) is 2.02. The Kier molecular flexibility index (Phi) is 4.90. The maximum atomic E-state index is 13.1. The molecule has 1 aromatic carbocycles.